The van der Waals surface area contributed by atoms with E-state index in [4.69, 9.17) is 9.84 Å². The Bertz CT molecular complexity index is 909. The van der Waals surface area contributed by atoms with Crippen LogP contribution in [-0.4, -0.2) is 22.2 Å². The fourth-order valence-corrected chi connectivity index (χ4v) is 3.14. The molecule has 3 rings (SSSR count). The van der Waals surface area contributed by atoms with Crippen molar-refractivity contribution in [2.24, 2.45) is 0 Å². The van der Waals surface area contributed by atoms with E-state index in [2.05, 4.69) is 10.3 Å². The molecule has 0 bridgehead atoms. The van der Waals surface area contributed by atoms with E-state index in [9.17, 15) is 9.59 Å². The standard InChI is InChI=1S/C19H16N2O4S/c22-17(23)15-8-4-7-14(9-15)10-16-11-20-18(26-16)21-19(24)25-12-13-5-2-1-3-6-13/h1-9,11H,10,12H2,(H,22,23)(H,20,21,24). The fourth-order valence-electron chi connectivity index (χ4n) is 2.31. The number of aromatic nitrogens is 1. The number of nitrogens with one attached hydrogen (secondary N) is 1. The van der Waals surface area contributed by atoms with Crippen LogP contribution in [0, 0.1) is 0 Å². The molecule has 0 aliphatic carbocycles. The Labute approximate surface area is 154 Å². The van der Waals surface area contributed by atoms with Crippen LogP contribution in [-0.2, 0) is 17.8 Å². The maximum absolute atomic E-state index is 11.8. The van der Waals surface area contributed by atoms with Crippen LogP contribution in [0.1, 0.15) is 26.4 Å². The second kappa shape index (κ2) is 8.26. The lowest BCUT2D eigenvalue weighted by Gasteiger charge is -2.04. The van der Waals surface area contributed by atoms with Gasteiger partial charge in [-0.15, -0.1) is 11.3 Å². The van der Waals surface area contributed by atoms with Gasteiger partial charge in [-0.3, -0.25) is 5.32 Å². The van der Waals surface area contributed by atoms with Crippen molar-refractivity contribution in [3.8, 4) is 0 Å². The summed E-state index contributed by atoms with van der Waals surface area (Å²) in [6.45, 7) is 0.187. The van der Waals surface area contributed by atoms with Crippen LogP contribution >= 0.6 is 11.3 Å². The van der Waals surface area contributed by atoms with Gasteiger partial charge in [0.1, 0.15) is 6.61 Å². The molecule has 0 spiro atoms. The summed E-state index contributed by atoms with van der Waals surface area (Å²) < 4.78 is 5.15. The average molecular weight is 368 g/mol. The lowest BCUT2D eigenvalue weighted by molar-refractivity contribution is 0.0696. The van der Waals surface area contributed by atoms with Gasteiger partial charge in [0.25, 0.3) is 0 Å². The number of carbonyl (C=O) groups excluding carboxylic acids is 1. The number of aromatic carboxylic acids is 1. The number of anilines is 1. The van der Waals surface area contributed by atoms with E-state index < -0.39 is 12.1 Å². The molecule has 6 nitrogen and oxygen atoms in total. The molecular weight excluding hydrogens is 352 g/mol. The van der Waals surface area contributed by atoms with Crippen molar-refractivity contribution in [2.75, 3.05) is 5.32 Å². The molecule has 1 aromatic heterocycles. The fraction of sp³-hybridized carbons (Fsp3) is 0.105. The summed E-state index contributed by atoms with van der Waals surface area (Å²) in [5.41, 5.74) is 2.02. The smallest absolute Gasteiger partial charge is 0.413 e. The van der Waals surface area contributed by atoms with Crippen LogP contribution in [0.15, 0.2) is 60.8 Å². The molecule has 1 amide bonds. The second-order valence-electron chi connectivity index (χ2n) is 5.50. The van der Waals surface area contributed by atoms with E-state index in [1.54, 1.807) is 24.4 Å². The normalized spacial score (nSPS) is 10.3. The van der Waals surface area contributed by atoms with Gasteiger partial charge in [0.2, 0.25) is 0 Å². The third kappa shape index (κ3) is 4.90. The number of carboxylic acids is 1. The van der Waals surface area contributed by atoms with E-state index in [-0.39, 0.29) is 12.2 Å². The minimum Gasteiger partial charge on any atom is -0.478 e. The number of carbonyl (C=O) groups is 2. The summed E-state index contributed by atoms with van der Waals surface area (Å²) in [7, 11) is 0. The first-order valence-electron chi connectivity index (χ1n) is 7.85. The Hall–Kier alpha value is -3.19. The molecule has 0 unspecified atom stereocenters. The van der Waals surface area contributed by atoms with Crippen LogP contribution in [0.4, 0.5) is 9.93 Å². The molecule has 0 aliphatic rings. The number of ether oxygens (including phenoxy) is 1. The summed E-state index contributed by atoms with van der Waals surface area (Å²) in [6, 6.07) is 16.1. The van der Waals surface area contributed by atoms with Crippen LogP contribution < -0.4 is 5.32 Å². The Morgan fingerprint density at radius 2 is 1.85 bits per heavy atom. The van der Waals surface area contributed by atoms with Crippen molar-refractivity contribution in [1.82, 2.24) is 4.98 Å². The molecular formula is C19H16N2O4S. The Kier molecular flexibility index (Phi) is 5.60. The van der Waals surface area contributed by atoms with Gasteiger partial charge in [0.15, 0.2) is 5.13 Å². The van der Waals surface area contributed by atoms with E-state index in [0.29, 0.717) is 11.6 Å². The SMILES string of the molecule is O=C(Nc1ncc(Cc2cccc(C(=O)O)c2)s1)OCc1ccccc1. The monoisotopic (exact) mass is 368 g/mol. The lowest BCUT2D eigenvalue weighted by atomic mass is 10.1. The van der Waals surface area contributed by atoms with Crippen molar-refractivity contribution in [2.45, 2.75) is 13.0 Å². The molecule has 0 fully saturated rings. The van der Waals surface area contributed by atoms with Gasteiger partial charge < -0.3 is 9.84 Å². The quantitative estimate of drug-likeness (QED) is 0.681. The topological polar surface area (TPSA) is 88.5 Å². The first-order valence-corrected chi connectivity index (χ1v) is 8.66. The highest BCUT2D eigenvalue weighted by Gasteiger charge is 2.09. The third-order valence-electron chi connectivity index (χ3n) is 3.53. The van der Waals surface area contributed by atoms with Crippen molar-refractivity contribution in [1.29, 1.82) is 0 Å². The van der Waals surface area contributed by atoms with Gasteiger partial charge in [-0.05, 0) is 23.3 Å². The maximum atomic E-state index is 11.8. The Balaban J connectivity index is 1.55. The summed E-state index contributed by atoms with van der Waals surface area (Å²) in [6.07, 6.45) is 1.63. The Morgan fingerprint density at radius 1 is 1.08 bits per heavy atom. The van der Waals surface area contributed by atoms with Gasteiger partial charge >= 0.3 is 12.1 Å². The molecule has 26 heavy (non-hydrogen) atoms. The zero-order valence-electron chi connectivity index (χ0n) is 13.7. The minimum atomic E-state index is -0.959. The molecule has 0 atom stereocenters. The number of nitrogens with zero attached hydrogens (tertiary/aromatic N) is 1. The highest BCUT2D eigenvalue weighted by Crippen LogP contribution is 2.22. The van der Waals surface area contributed by atoms with E-state index in [1.165, 1.54) is 11.3 Å². The molecule has 0 saturated heterocycles. The van der Waals surface area contributed by atoms with Crippen LogP contribution in [0.25, 0.3) is 0 Å². The molecule has 132 valence electrons. The summed E-state index contributed by atoms with van der Waals surface area (Å²) in [5, 5.41) is 12.1. The maximum Gasteiger partial charge on any atom is 0.413 e. The predicted octanol–water partition coefficient (Wildman–Crippen LogP) is 4.18. The van der Waals surface area contributed by atoms with Crippen LogP contribution in [0.3, 0.4) is 0 Å². The van der Waals surface area contributed by atoms with E-state index >= 15 is 0 Å². The van der Waals surface area contributed by atoms with Crippen molar-refractivity contribution < 1.29 is 19.4 Å². The van der Waals surface area contributed by atoms with Gasteiger partial charge in [0.05, 0.1) is 5.56 Å². The average Bonchev–Trinajstić information content (AvgIpc) is 3.08. The predicted molar refractivity (Wildman–Crippen MR) is 98.6 cm³/mol. The van der Waals surface area contributed by atoms with Gasteiger partial charge in [-0.25, -0.2) is 14.6 Å². The lowest BCUT2D eigenvalue weighted by Crippen LogP contribution is -2.13. The van der Waals surface area contributed by atoms with E-state index in [0.717, 1.165) is 16.0 Å². The third-order valence-corrected chi connectivity index (χ3v) is 4.44. The van der Waals surface area contributed by atoms with Gasteiger partial charge in [-0.2, -0.15) is 0 Å². The van der Waals surface area contributed by atoms with E-state index in [1.807, 2.05) is 36.4 Å². The largest absolute Gasteiger partial charge is 0.478 e. The molecule has 0 aliphatic heterocycles. The molecule has 7 heteroatoms. The van der Waals surface area contributed by atoms with Crippen molar-refractivity contribution >= 4 is 28.5 Å². The molecule has 0 saturated carbocycles. The summed E-state index contributed by atoms with van der Waals surface area (Å²) in [5.74, 6) is -0.959. The molecule has 2 N–H and O–H groups in total. The van der Waals surface area contributed by atoms with Gasteiger partial charge in [-0.1, -0.05) is 42.5 Å². The van der Waals surface area contributed by atoms with Crippen molar-refractivity contribution in [3.05, 3.63) is 82.4 Å². The zero-order valence-corrected chi connectivity index (χ0v) is 14.5. The number of thiazole rings is 1. The molecule has 0 radical (unpaired) electrons. The Morgan fingerprint density at radius 3 is 2.62 bits per heavy atom. The number of amides is 1. The number of rotatable bonds is 6. The van der Waals surface area contributed by atoms with Crippen LogP contribution in [0.5, 0.6) is 0 Å². The number of carboxylic acid groups (broad SMARTS) is 1. The van der Waals surface area contributed by atoms with Gasteiger partial charge in [0, 0.05) is 17.5 Å². The molecule has 1 heterocycles. The zero-order chi connectivity index (χ0) is 18.4. The minimum absolute atomic E-state index is 0.187. The first-order chi connectivity index (χ1) is 12.6. The number of hydrogen-bond acceptors (Lipinski definition) is 5. The van der Waals surface area contributed by atoms with Crippen molar-refractivity contribution in [3.63, 3.8) is 0 Å². The highest BCUT2D eigenvalue weighted by atomic mass is 32.1. The molecule has 2 aromatic carbocycles. The number of hydrogen-bond donors (Lipinski definition) is 2. The summed E-state index contributed by atoms with van der Waals surface area (Å²) >= 11 is 1.32. The summed E-state index contributed by atoms with van der Waals surface area (Å²) in [4.78, 5) is 27.9. The number of benzene rings is 2. The van der Waals surface area contributed by atoms with Crippen LogP contribution in [0.2, 0.25) is 0 Å². The highest BCUT2D eigenvalue weighted by molar-refractivity contribution is 7.15. The molecule has 3 aromatic rings. The first kappa shape index (κ1) is 17.6. The second-order valence-corrected chi connectivity index (χ2v) is 6.62.